The summed E-state index contributed by atoms with van der Waals surface area (Å²) >= 11 is 0. The Kier molecular flexibility index (Phi) is 6.04. The number of allylic oxidation sites excluding steroid dienone is 1. The molecule has 1 fully saturated rings. The SMILES string of the molecule is CN1CCN(C(=N)c2c(N)ccc3nc(/C(=C/N)C(=N)C(F)(F)F)c4c(c23)CCCC4)CC1. The molecule has 176 valence electrons. The summed E-state index contributed by atoms with van der Waals surface area (Å²) in [5.74, 6) is 0.311. The molecule has 0 radical (unpaired) electrons. The zero-order valence-corrected chi connectivity index (χ0v) is 18.5. The Bertz CT molecular complexity index is 1150. The minimum absolute atomic E-state index is 0.101. The number of likely N-dealkylation sites (N-methyl/N-ethyl adjacent to an activating group) is 1. The first-order valence-corrected chi connectivity index (χ1v) is 11.0. The number of nitrogens with zero attached hydrogens (tertiary/aromatic N) is 3. The molecule has 0 atom stereocenters. The van der Waals surface area contributed by atoms with E-state index in [4.69, 9.17) is 22.3 Å². The van der Waals surface area contributed by atoms with Gasteiger partial charge >= 0.3 is 6.18 Å². The standard InChI is InChI=1S/C23H28F3N7/c1-32-8-10-33(11-9-32)22(30)19-16(28)6-7-17-18(19)13-4-2-3-5-14(13)20(31-17)15(12-27)21(29)23(24,25)26/h6-7,12,29-30H,2-5,8-11,27-28H2,1H3/b15-12-,29-21?,30-22?. The number of nitrogen functional groups attached to an aromatic ring is 1. The first-order valence-electron chi connectivity index (χ1n) is 11.0. The van der Waals surface area contributed by atoms with Gasteiger partial charge in [0.15, 0.2) is 0 Å². The highest BCUT2D eigenvalue weighted by Crippen LogP contribution is 2.38. The van der Waals surface area contributed by atoms with Crippen LogP contribution in [-0.2, 0) is 12.8 Å². The summed E-state index contributed by atoms with van der Waals surface area (Å²) in [5.41, 5.74) is 13.1. The Hall–Kier alpha value is -3.14. The Morgan fingerprint density at radius 2 is 1.70 bits per heavy atom. The first kappa shape index (κ1) is 23.0. The topological polar surface area (TPSA) is 119 Å². The molecule has 0 spiro atoms. The summed E-state index contributed by atoms with van der Waals surface area (Å²) in [6.45, 7) is 3.05. The van der Waals surface area contributed by atoms with E-state index in [2.05, 4.69) is 9.88 Å². The highest BCUT2D eigenvalue weighted by atomic mass is 19.4. The van der Waals surface area contributed by atoms with Crippen LogP contribution in [0.15, 0.2) is 18.3 Å². The summed E-state index contributed by atoms with van der Waals surface area (Å²) in [5, 5.41) is 17.3. The van der Waals surface area contributed by atoms with Crippen molar-refractivity contribution < 1.29 is 13.2 Å². The Balaban J connectivity index is 1.92. The number of nitrogens with one attached hydrogen (secondary N) is 2. The van der Waals surface area contributed by atoms with Crippen molar-refractivity contribution in [1.29, 1.82) is 10.8 Å². The minimum atomic E-state index is -4.83. The highest BCUT2D eigenvalue weighted by molar-refractivity contribution is 6.25. The van der Waals surface area contributed by atoms with Gasteiger partial charge in [-0.05, 0) is 56.0 Å². The van der Waals surface area contributed by atoms with Gasteiger partial charge in [0, 0.05) is 54.6 Å². The summed E-state index contributed by atoms with van der Waals surface area (Å²) in [6.07, 6.45) is -1.16. The summed E-state index contributed by atoms with van der Waals surface area (Å²) in [4.78, 5) is 8.75. The van der Waals surface area contributed by atoms with E-state index >= 15 is 0 Å². The third kappa shape index (κ3) is 4.15. The Morgan fingerprint density at radius 3 is 2.30 bits per heavy atom. The molecule has 0 unspecified atom stereocenters. The van der Waals surface area contributed by atoms with E-state index in [0.717, 1.165) is 43.1 Å². The second-order valence-electron chi connectivity index (χ2n) is 8.64. The van der Waals surface area contributed by atoms with Crippen molar-refractivity contribution in [3.8, 4) is 0 Å². The fourth-order valence-electron chi connectivity index (χ4n) is 4.74. The average molecular weight is 460 g/mol. The van der Waals surface area contributed by atoms with E-state index in [1.165, 1.54) is 0 Å². The molecule has 2 aliphatic rings. The number of nitrogens with two attached hydrogens (primary N) is 2. The second kappa shape index (κ2) is 8.66. The van der Waals surface area contributed by atoms with Gasteiger partial charge in [0.25, 0.3) is 0 Å². The number of halogens is 3. The molecule has 1 saturated heterocycles. The third-order valence-corrected chi connectivity index (χ3v) is 6.53. The molecular weight excluding hydrogens is 431 g/mol. The second-order valence-corrected chi connectivity index (χ2v) is 8.64. The van der Waals surface area contributed by atoms with Crippen molar-refractivity contribution in [2.75, 3.05) is 39.0 Å². The molecule has 1 aromatic heterocycles. The monoisotopic (exact) mass is 459 g/mol. The van der Waals surface area contributed by atoms with E-state index in [-0.39, 0.29) is 5.69 Å². The lowest BCUT2D eigenvalue weighted by Crippen LogP contribution is -2.47. The fourth-order valence-corrected chi connectivity index (χ4v) is 4.74. The maximum absolute atomic E-state index is 13.4. The predicted octanol–water partition coefficient (Wildman–Crippen LogP) is 3.15. The number of piperazine rings is 1. The smallest absolute Gasteiger partial charge is 0.404 e. The molecule has 0 amide bonds. The van der Waals surface area contributed by atoms with Gasteiger partial charge in [0.2, 0.25) is 0 Å². The number of amidine groups is 1. The van der Waals surface area contributed by atoms with Crippen LogP contribution in [-0.4, -0.2) is 65.7 Å². The lowest BCUT2D eigenvalue weighted by molar-refractivity contribution is -0.0578. The van der Waals surface area contributed by atoms with Gasteiger partial charge in [-0.2, -0.15) is 13.2 Å². The lowest BCUT2D eigenvalue weighted by Gasteiger charge is -2.35. The largest absolute Gasteiger partial charge is 0.433 e. The number of rotatable bonds is 3. The van der Waals surface area contributed by atoms with Crippen molar-refractivity contribution in [2.24, 2.45) is 5.73 Å². The molecule has 1 aromatic carbocycles. The van der Waals surface area contributed by atoms with E-state index in [1.807, 2.05) is 11.9 Å². The molecule has 1 aliphatic heterocycles. The van der Waals surface area contributed by atoms with Crippen LogP contribution >= 0.6 is 0 Å². The number of pyridine rings is 1. The number of hydrogen-bond donors (Lipinski definition) is 4. The number of aromatic nitrogens is 1. The Morgan fingerprint density at radius 1 is 1.06 bits per heavy atom. The molecule has 1 aliphatic carbocycles. The van der Waals surface area contributed by atoms with Gasteiger partial charge in [-0.1, -0.05) is 0 Å². The average Bonchev–Trinajstić information content (AvgIpc) is 2.79. The lowest BCUT2D eigenvalue weighted by atomic mass is 9.84. The first-order chi connectivity index (χ1) is 15.6. The Labute approximate surface area is 190 Å². The number of fused-ring (bicyclic) bond motifs is 3. The van der Waals surface area contributed by atoms with Crippen LogP contribution in [0.25, 0.3) is 16.5 Å². The fraction of sp³-hybridized carbons (Fsp3) is 0.435. The zero-order valence-electron chi connectivity index (χ0n) is 18.5. The van der Waals surface area contributed by atoms with Crippen LogP contribution in [0.2, 0.25) is 0 Å². The van der Waals surface area contributed by atoms with Crippen molar-refractivity contribution in [3.05, 3.63) is 40.7 Å². The van der Waals surface area contributed by atoms with E-state index in [9.17, 15) is 13.2 Å². The number of hydrogen-bond acceptors (Lipinski definition) is 6. The molecule has 7 nitrogen and oxygen atoms in total. The number of aryl methyl sites for hydroxylation is 1. The molecule has 10 heteroatoms. The van der Waals surface area contributed by atoms with Crippen LogP contribution in [0.1, 0.15) is 35.2 Å². The predicted molar refractivity (Wildman–Crippen MR) is 125 cm³/mol. The molecule has 33 heavy (non-hydrogen) atoms. The minimum Gasteiger partial charge on any atom is -0.404 e. The molecule has 0 saturated carbocycles. The molecule has 2 heterocycles. The normalized spacial score (nSPS) is 17.8. The van der Waals surface area contributed by atoms with Crippen molar-refractivity contribution in [2.45, 2.75) is 31.9 Å². The van der Waals surface area contributed by atoms with Crippen LogP contribution in [0.4, 0.5) is 18.9 Å². The van der Waals surface area contributed by atoms with E-state index < -0.39 is 17.5 Å². The molecule has 2 aromatic rings. The maximum Gasteiger partial charge on any atom is 0.433 e. The van der Waals surface area contributed by atoms with Crippen molar-refractivity contribution >= 4 is 33.7 Å². The van der Waals surface area contributed by atoms with Crippen molar-refractivity contribution in [3.63, 3.8) is 0 Å². The summed E-state index contributed by atoms with van der Waals surface area (Å²) in [7, 11) is 2.04. The van der Waals surface area contributed by atoms with E-state index in [0.29, 0.717) is 54.1 Å². The third-order valence-electron chi connectivity index (χ3n) is 6.53. The molecular formula is C23H28F3N7. The van der Waals surface area contributed by atoms with Crippen molar-refractivity contribution in [1.82, 2.24) is 14.8 Å². The molecule has 0 bridgehead atoms. The van der Waals surface area contributed by atoms with Gasteiger partial charge < -0.3 is 21.3 Å². The van der Waals surface area contributed by atoms with Crippen LogP contribution in [0, 0.1) is 10.8 Å². The summed E-state index contributed by atoms with van der Waals surface area (Å²) < 4.78 is 40.1. The van der Waals surface area contributed by atoms with E-state index in [1.54, 1.807) is 12.1 Å². The zero-order chi connectivity index (χ0) is 23.9. The quantitative estimate of drug-likeness (QED) is 0.319. The number of benzene rings is 1. The molecule has 6 N–H and O–H groups in total. The van der Waals surface area contributed by atoms with Crippen LogP contribution in [0.3, 0.4) is 0 Å². The van der Waals surface area contributed by atoms with Gasteiger partial charge in [-0.25, -0.2) is 4.98 Å². The molecule has 4 rings (SSSR count). The van der Waals surface area contributed by atoms with Gasteiger partial charge in [0.1, 0.15) is 11.5 Å². The van der Waals surface area contributed by atoms with Crippen LogP contribution < -0.4 is 11.5 Å². The van der Waals surface area contributed by atoms with Crippen LogP contribution in [0.5, 0.6) is 0 Å². The van der Waals surface area contributed by atoms with Gasteiger partial charge in [0.05, 0.1) is 11.2 Å². The summed E-state index contributed by atoms with van der Waals surface area (Å²) in [6, 6.07) is 3.32. The number of alkyl halides is 3. The maximum atomic E-state index is 13.4. The van der Waals surface area contributed by atoms with Gasteiger partial charge in [-0.3, -0.25) is 10.8 Å². The highest BCUT2D eigenvalue weighted by Gasteiger charge is 2.39. The van der Waals surface area contributed by atoms with Gasteiger partial charge in [-0.15, -0.1) is 0 Å². The number of anilines is 1.